The lowest BCUT2D eigenvalue weighted by molar-refractivity contribution is -0.384. The zero-order valence-corrected chi connectivity index (χ0v) is 12.5. The monoisotopic (exact) mass is 312 g/mol. The number of ether oxygens (including phenoxy) is 1. The average Bonchev–Trinajstić information content (AvgIpc) is 2.88. The third kappa shape index (κ3) is 2.76. The van der Waals surface area contributed by atoms with Crippen molar-refractivity contribution in [3.8, 4) is 0 Å². The molecule has 6 nitrogen and oxygen atoms in total. The van der Waals surface area contributed by atoms with Crippen molar-refractivity contribution in [2.45, 2.75) is 13.2 Å². The van der Waals surface area contributed by atoms with Gasteiger partial charge in [-0.2, -0.15) is 0 Å². The molecule has 2 aromatic rings. The number of hydrogen-bond donors (Lipinski definition) is 2. The van der Waals surface area contributed by atoms with Crippen LogP contribution in [0.5, 0.6) is 0 Å². The zero-order valence-electron chi connectivity index (χ0n) is 12.5. The first-order valence-electron chi connectivity index (χ1n) is 7.27. The van der Waals surface area contributed by atoms with E-state index in [0.29, 0.717) is 29.2 Å². The van der Waals surface area contributed by atoms with Gasteiger partial charge in [0, 0.05) is 28.9 Å². The van der Waals surface area contributed by atoms with Gasteiger partial charge in [-0.1, -0.05) is 30.3 Å². The van der Waals surface area contributed by atoms with Gasteiger partial charge in [0.15, 0.2) is 6.23 Å². The van der Waals surface area contributed by atoms with Crippen molar-refractivity contribution < 1.29 is 14.8 Å². The number of benzene rings is 2. The maximum absolute atomic E-state index is 11.0. The van der Waals surface area contributed by atoms with Crippen LogP contribution in [0.25, 0.3) is 11.3 Å². The minimum atomic E-state index is -0.978. The van der Waals surface area contributed by atoms with Crippen LogP contribution in [0, 0.1) is 10.1 Å². The summed E-state index contributed by atoms with van der Waals surface area (Å²) in [4.78, 5) is 10.6. The normalized spacial score (nSPS) is 18.1. The summed E-state index contributed by atoms with van der Waals surface area (Å²) in [6.45, 7) is 2.28. The lowest BCUT2D eigenvalue weighted by Crippen LogP contribution is -2.14. The molecule has 6 heteroatoms. The van der Waals surface area contributed by atoms with Crippen molar-refractivity contribution >= 4 is 22.7 Å². The average molecular weight is 312 g/mol. The van der Waals surface area contributed by atoms with Crippen molar-refractivity contribution in [3.63, 3.8) is 0 Å². The van der Waals surface area contributed by atoms with Gasteiger partial charge >= 0.3 is 0 Å². The molecule has 118 valence electrons. The summed E-state index contributed by atoms with van der Waals surface area (Å²) in [7, 11) is 0. The largest absolute Gasteiger partial charge is 0.493 e. The molecule has 0 spiro atoms. The lowest BCUT2D eigenvalue weighted by atomic mass is 10.0. The van der Waals surface area contributed by atoms with E-state index in [4.69, 9.17) is 4.74 Å². The van der Waals surface area contributed by atoms with Crippen molar-refractivity contribution in [3.05, 3.63) is 69.8 Å². The van der Waals surface area contributed by atoms with E-state index < -0.39 is 11.2 Å². The molecule has 2 N–H and O–H groups in total. The molecule has 1 aliphatic heterocycles. The SMILES string of the molecule is CCO/C(=C1\c2cc([N+](=O)[O-])ccc2NC1O)c1ccccc1. The van der Waals surface area contributed by atoms with E-state index >= 15 is 0 Å². The molecule has 23 heavy (non-hydrogen) atoms. The van der Waals surface area contributed by atoms with Gasteiger partial charge in [-0.25, -0.2) is 0 Å². The van der Waals surface area contributed by atoms with Gasteiger partial charge in [0.25, 0.3) is 5.69 Å². The fourth-order valence-corrected chi connectivity index (χ4v) is 2.66. The second-order valence-corrected chi connectivity index (χ2v) is 5.08. The number of rotatable bonds is 4. The fraction of sp³-hybridized carbons (Fsp3) is 0.176. The van der Waals surface area contributed by atoms with Gasteiger partial charge in [-0.15, -0.1) is 0 Å². The van der Waals surface area contributed by atoms with Crippen LogP contribution in [-0.2, 0) is 4.74 Å². The molecule has 0 amide bonds. The van der Waals surface area contributed by atoms with E-state index in [1.54, 1.807) is 6.07 Å². The Hall–Kier alpha value is -2.86. The molecule has 1 heterocycles. The van der Waals surface area contributed by atoms with Crippen molar-refractivity contribution in [1.29, 1.82) is 0 Å². The Morgan fingerprint density at radius 1 is 1.30 bits per heavy atom. The van der Waals surface area contributed by atoms with E-state index in [1.807, 2.05) is 37.3 Å². The highest BCUT2D eigenvalue weighted by Crippen LogP contribution is 2.41. The number of nitro groups is 1. The molecule has 1 atom stereocenters. The summed E-state index contributed by atoms with van der Waals surface area (Å²) < 4.78 is 5.75. The van der Waals surface area contributed by atoms with E-state index in [1.165, 1.54) is 12.1 Å². The van der Waals surface area contributed by atoms with Crippen molar-refractivity contribution in [2.24, 2.45) is 0 Å². The quantitative estimate of drug-likeness (QED) is 0.514. The van der Waals surface area contributed by atoms with Crippen molar-refractivity contribution in [2.75, 3.05) is 11.9 Å². The van der Waals surface area contributed by atoms with Crippen LogP contribution in [0.1, 0.15) is 18.1 Å². The molecule has 0 bridgehead atoms. The summed E-state index contributed by atoms with van der Waals surface area (Å²) in [6.07, 6.45) is -0.978. The van der Waals surface area contributed by atoms with Crippen LogP contribution in [0.3, 0.4) is 0 Å². The Morgan fingerprint density at radius 2 is 2.04 bits per heavy atom. The van der Waals surface area contributed by atoms with Gasteiger partial charge in [0.1, 0.15) is 5.76 Å². The van der Waals surface area contributed by atoms with Crippen LogP contribution >= 0.6 is 0 Å². The maximum Gasteiger partial charge on any atom is 0.270 e. The first kappa shape index (κ1) is 15.1. The molecule has 0 saturated heterocycles. The summed E-state index contributed by atoms with van der Waals surface area (Å²) in [6, 6.07) is 13.8. The van der Waals surface area contributed by atoms with Crippen LogP contribution in [0.15, 0.2) is 48.5 Å². The predicted molar refractivity (Wildman–Crippen MR) is 87.6 cm³/mol. The summed E-state index contributed by atoms with van der Waals surface area (Å²) in [5.74, 6) is 0.521. The standard InChI is InChI=1S/C17H16N2O4/c1-2-23-16(11-6-4-3-5-7-11)15-13-10-12(19(21)22)8-9-14(13)18-17(15)20/h3-10,17-18,20H,2H2,1H3/b16-15+. The van der Waals surface area contributed by atoms with Gasteiger partial charge in [0.2, 0.25) is 0 Å². The summed E-state index contributed by atoms with van der Waals surface area (Å²) in [5.41, 5.74) is 2.52. The Labute approximate surface area is 133 Å². The summed E-state index contributed by atoms with van der Waals surface area (Å²) >= 11 is 0. The molecular formula is C17H16N2O4. The van der Waals surface area contributed by atoms with E-state index in [0.717, 1.165) is 5.56 Å². The summed E-state index contributed by atoms with van der Waals surface area (Å²) in [5, 5.41) is 24.3. The number of non-ortho nitro benzene ring substituents is 1. The number of fused-ring (bicyclic) bond motifs is 1. The Bertz CT molecular complexity index is 771. The minimum Gasteiger partial charge on any atom is -0.493 e. The first-order valence-corrected chi connectivity index (χ1v) is 7.27. The first-order chi connectivity index (χ1) is 11.1. The molecule has 1 aliphatic rings. The fourth-order valence-electron chi connectivity index (χ4n) is 2.66. The second-order valence-electron chi connectivity index (χ2n) is 5.08. The van der Waals surface area contributed by atoms with E-state index in [9.17, 15) is 15.2 Å². The maximum atomic E-state index is 11.0. The minimum absolute atomic E-state index is 0.0268. The van der Waals surface area contributed by atoms with Gasteiger partial charge in [-0.05, 0) is 13.0 Å². The Morgan fingerprint density at radius 3 is 2.70 bits per heavy atom. The van der Waals surface area contributed by atoms with Gasteiger partial charge in [0.05, 0.1) is 17.1 Å². The van der Waals surface area contributed by atoms with Gasteiger partial charge in [-0.3, -0.25) is 10.1 Å². The number of hydrogen-bond acceptors (Lipinski definition) is 5. The van der Waals surface area contributed by atoms with Crippen LogP contribution in [-0.4, -0.2) is 22.9 Å². The molecule has 0 fully saturated rings. The lowest BCUT2D eigenvalue weighted by Gasteiger charge is -2.15. The third-order valence-corrected chi connectivity index (χ3v) is 3.64. The predicted octanol–water partition coefficient (Wildman–Crippen LogP) is 3.24. The second kappa shape index (κ2) is 6.10. The molecular weight excluding hydrogens is 296 g/mol. The van der Waals surface area contributed by atoms with E-state index in [-0.39, 0.29) is 5.69 Å². The highest BCUT2D eigenvalue weighted by molar-refractivity contribution is 5.98. The van der Waals surface area contributed by atoms with Crippen molar-refractivity contribution in [1.82, 2.24) is 0 Å². The third-order valence-electron chi connectivity index (χ3n) is 3.64. The van der Waals surface area contributed by atoms with Crippen LogP contribution < -0.4 is 5.32 Å². The highest BCUT2D eigenvalue weighted by Gasteiger charge is 2.30. The zero-order chi connectivity index (χ0) is 16.4. The molecule has 0 aliphatic carbocycles. The smallest absolute Gasteiger partial charge is 0.270 e. The molecule has 2 aromatic carbocycles. The number of nitro benzene ring substituents is 1. The number of nitrogens with one attached hydrogen (secondary N) is 1. The number of aliphatic hydroxyl groups is 1. The Balaban J connectivity index is 2.21. The molecule has 0 saturated carbocycles. The van der Waals surface area contributed by atoms with Crippen LogP contribution in [0.4, 0.5) is 11.4 Å². The molecule has 1 unspecified atom stereocenters. The Kier molecular flexibility index (Phi) is 3.99. The van der Waals surface area contributed by atoms with E-state index in [2.05, 4.69) is 5.32 Å². The number of aliphatic hydroxyl groups excluding tert-OH is 1. The topological polar surface area (TPSA) is 84.6 Å². The molecule has 0 aromatic heterocycles. The number of nitrogens with zero attached hydrogens (tertiary/aromatic N) is 1. The molecule has 3 rings (SSSR count). The van der Waals surface area contributed by atoms with Gasteiger partial charge < -0.3 is 15.2 Å². The molecule has 0 radical (unpaired) electrons. The van der Waals surface area contributed by atoms with Crippen LogP contribution in [0.2, 0.25) is 0 Å². The number of anilines is 1. The highest BCUT2D eigenvalue weighted by atomic mass is 16.6.